The minimum atomic E-state index is -3.19. The van der Waals surface area contributed by atoms with E-state index in [1.54, 1.807) is 6.92 Å². The number of nitrogen functional groups attached to an aromatic ring is 1. The van der Waals surface area contributed by atoms with E-state index < -0.39 is 19.1 Å². The Bertz CT molecular complexity index is 375. The van der Waals surface area contributed by atoms with Crippen molar-refractivity contribution in [2.45, 2.75) is 12.8 Å². The third-order valence-corrected chi connectivity index (χ3v) is 1.93. The second-order valence-corrected chi connectivity index (χ2v) is 3.39. The van der Waals surface area contributed by atoms with Gasteiger partial charge in [0.2, 0.25) is 5.88 Å². The molecule has 0 fully saturated rings. The molecule has 0 radical (unpaired) electrons. The number of aliphatic hydroxyl groups is 1. The number of alkyl halides is 2. The van der Waals surface area contributed by atoms with Crippen molar-refractivity contribution in [3.63, 3.8) is 0 Å². The van der Waals surface area contributed by atoms with E-state index in [0.717, 1.165) is 0 Å². The molecule has 17 heavy (non-hydrogen) atoms. The minimum absolute atomic E-state index is 0.199. The summed E-state index contributed by atoms with van der Waals surface area (Å²) >= 11 is 0. The number of hydrogen-bond acceptors (Lipinski definition) is 5. The molecule has 0 aromatic carbocycles. The van der Waals surface area contributed by atoms with E-state index in [-0.39, 0.29) is 11.7 Å². The Balaban J connectivity index is 2.69. The van der Waals surface area contributed by atoms with Crippen LogP contribution in [0.1, 0.15) is 6.92 Å². The summed E-state index contributed by atoms with van der Waals surface area (Å²) in [6.45, 7) is 0.230. The average Bonchev–Trinajstić information content (AvgIpc) is 2.31. The monoisotopic (exact) mass is 247 g/mol. The molecule has 0 bridgehead atoms. The quantitative estimate of drug-likeness (QED) is 0.701. The van der Waals surface area contributed by atoms with Crippen LogP contribution in [-0.2, 0) is 0 Å². The number of halogens is 2. The molecular weight excluding hydrogens is 232 g/mol. The molecule has 0 saturated carbocycles. The molecule has 0 aliphatic carbocycles. The van der Waals surface area contributed by atoms with Crippen LogP contribution in [-0.4, -0.2) is 35.8 Å². The van der Waals surface area contributed by atoms with Gasteiger partial charge in [0.05, 0.1) is 18.8 Å². The van der Waals surface area contributed by atoms with Gasteiger partial charge in [-0.25, -0.2) is 8.78 Å². The molecule has 96 valence electrons. The van der Waals surface area contributed by atoms with Gasteiger partial charge in [0.15, 0.2) is 0 Å². The Kier molecular flexibility index (Phi) is 4.45. The second-order valence-electron chi connectivity index (χ2n) is 3.39. The maximum Gasteiger partial charge on any atom is 0.287 e. The lowest BCUT2D eigenvalue weighted by molar-refractivity contribution is -0.0373. The first-order valence-electron chi connectivity index (χ1n) is 5.10. The number of anilines is 2. The Morgan fingerprint density at radius 3 is 2.82 bits per heavy atom. The first kappa shape index (κ1) is 13.4. The van der Waals surface area contributed by atoms with Gasteiger partial charge in [0.25, 0.3) is 5.92 Å². The minimum Gasteiger partial charge on any atom is -0.476 e. The highest BCUT2D eigenvalue weighted by Gasteiger charge is 2.27. The van der Waals surface area contributed by atoms with Crippen LogP contribution in [0.3, 0.4) is 0 Å². The number of rotatable bonds is 6. The standard InChI is InChI=1S/C10H15F2N3O2/c1-2-17-9-7(13)3-4-8(15-9)14-5-10(11,12)6-16/h3-4,16H,2,5-6,13H2,1H3,(H,14,15). The molecule has 0 atom stereocenters. The summed E-state index contributed by atoms with van der Waals surface area (Å²) in [5.41, 5.74) is 5.92. The highest BCUT2D eigenvalue weighted by atomic mass is 19.3. The fourth-order valence-electron chi connectivity index (χ4n) is 1.08. The van der Waals surface area contributed by atoms with Crippen molar-refractivity contribution in [2.75, 3.05) is 30.8 Å². The number of aliphatic hydroxyl groups excluding tert-OH is 1. The predicted molar refractivity (Wildman–Crippen MR) is 60.3 cm³/mol. The van der Waals surface area contributed by atoms with E-state index in [1.165, 1.54) is 12.1 Å². The topological polar surface area (TPSA) is 80.4 Å². The van der Waals surface area contributed by atoms with Gasteiger partial charge in [-0.1, -0.05) is 0 Å². The lowest BCUT2D eigenvalue weighted by Crippen LogP contribution is -2.31. The second kappa shape index (κ2) is 5.62. The largest absolute Gasteiger partial charge is 0.476 e. The van der Waals surface area contributed by atoms with Crippen molar-refractivity contribution in [1.82, 2.24) is 4.98 Å². The van der Waals surface area contributed by atoms with Gasteiger partial charge in [-0.15, -0.1) is 0 Å². The van der Waals surface area contributed by atoms with Gasteiger partial charge in [-0.3, -0.25) is 0 Å². The van der Waals surface area contributed by atoms with Crippen molar-refractivity contribution in [1.29, 1.82) is 0 Å². The Morgan fingerprint density at radius 2 is 2.24 bits per heavy atom. The lowest BCUT2D eigenvalue weighted by atomic mass is 10.3. The van der Waals surface area contributed by atoms with E-state index in [2.05, 4.69) is 10.3 Å². The fraction of sp³-hybridized carbons (Fsp3) is 0.500. The van der Waals surface area contributed by atoms with Crippen LogP contribution in [0.5, 0.6) is 5.88 Å². The smallest absolute Gasteiger partial charge is 0.287 e. The number of nitrogens with two attached hydrogens (primary N) is 1. The molecule has 1 aromatic rings. The van der Waals surface area contributed by atoms with Crippen LogP contribution in [0.2, 0.25) is 0 Å². The lowest BCUT2D eigenvalue weighted by Gasteiger charge is -2.15. The summed E-state index contributed by atoms with van der Waals surface area (Å²) in [5.74, 6) is -2.77. The van der Waals surface area contributed by atoms with Crippen LogP contribution in [0.25, 0.3) is 0 Å². The molecule has 4 N–H and O–H groups in total. The van der Waals surface area contributed by atoms with Crippen LogP contribution >= 0.6 is 0 Å². The van der Waals surface area contributed by atoms with E-state index in [9.17, 15) is 8.78 Å². The molecule has 0 aliphatic rings. The highest BCUT2D eigenvalue weighted by Crippen LogP contribution is 2.21. The van der Waals surface area contributed by atoms with Crippen molar-refractivity contribution in [2.24, 2.45) is 0 Å². The molecule has 0 spiro atoms. The molecule has 1 heterocycles. The van der Waals surface area contributed by atoms with Gasteiger partial charge in [-0.05, 0) is 19.1 Å². The fourth-order valence-corrected chi connectivity index (χ4v) is 1.08. The van der Waals surface area contributed by atoms with Crippen LogP contribution < -0.4 is 15.8 Å². The maximum absolute atomic E-state index is 12.8. The van der Waals surface area contributed by atoms with Crippen LogP contribution in [0.15, 0.2) is 12.1 Å². The number of hydrogen-bond donors (Lipinski definition) is 3. The molecule has 1 aromatic heterocycles. The average molecular weight is 247 g/mol. The van der Waals surface area contributed by atoms with E-state index >= 15 is 0 Å². The van der Waals surface area contributed by atoms with Gasteiger partial charge in [0.1, 0.15) is 12.4 Å². The summed E-state index contributed by atoms with van der Waals surface area (Å²) < 4.78 is 30.7. The SMILES string of the molecule is CCOc1nc(NCC(F)(F)CO)ccc1N. The molecule has 5 nitrogen and oxygen atoms in total. The first-order chi connectivity index (χ1) is 7.98. The number of nitrogens with one attached hydrogen (secondary N) is 1. The summed E-state index contributed by atoms with van der Waals surface area (Å²) in [6.07, 6.45) is 0. The van der Waals surface area contributed by atoms with E-state index in [0.29, 0.717) is 12.3 Å². The summed E-state index contributed by atoms with van der Waals surface area (Å²) in [5, 5.41) is 10.8. The highest BCUT2D eigenvalue weighted by molar-refractivity contribution is 5.53. The number of pyridine rings is 1. The third kappa shape index (κ3) is 4.03. The summed E-state index contributed by atoms with van der Waals surface area (Å²) in [7, 11) is 0. The van der Waals surface area contributed by atoms with E-state index in [1.807, 2.05) is 0 Å². The normalized spacial score (nSPS) is 11.3. The molecule has 7 heteroatoms. The van der Waals surface area contributed by atoms with Crippen LogP contribution in [0.4, 0.5) is 20.3 Å². The van der Waals surface area contributed by atoms with Gasteiger partial charge in [0, 0.05) is 0 Å². The van der Waals surface area contributed by atoms with Gasteiger partial charge < -0.3 is 20.9 Å². The Hall–Kier alpha value is -1.63. The Labute approximate surface area is 97.6 Å². The van der Waals surface area contributed by atoms with Gasteiger partial charge >= 0.3 is 0 Å². The number of ether oxygens (including phenoxy) is 1. The van der Waals surface area contributed by atoms with Crippen molar-refractivity contribution in [3.8, 4) is 5.88 Å². The molecule has 0 aliphatic heterocycles. The zero-order valence-corrected chi connectivity index (χ0v) is 9.41. The Morgan fingerprint density at radius 1 is 1.53 bits per heavy atom. The summed E-state index contributed by atoms with van der Waals surface area (Å²) in [6, 6.07) is 2.97. The predicted octanol–water partition coefficient (Wildman–Crippen LogP) is 1.10. The number of nitrogens with zero attached hydrogens (tertiary/aromatic N) is 1. The van der Waals surface area contributed by atoms with Gasteiger partial charge in [-0.2, -0.15) is 4.98 Å². The molecule has 0 amide bonds. The zero-order chi connectivity index (χ0) is 12.9. The molecule has 0 unspecified atom stereocenters. The molecule has 1 rings (SSSR count). The van der Waals surface area contributed by atoms with E-state index in [4.69, 9.17) is 15.6 Å². The maximum atomic E-state index is 12.8. The number of aromatic nitrogens is 1. The van der Waals surface area contributed by atoms with Crippen molar-refractivity contribution < 1.29 is 18.6 Å². The third-order valence-electron chi connectivity index (χ3n) is 1.93. The van der Waals surface area contributed by atoms with Crippen molar-refractivity contribution in [3.05, 3.63) is 12.1 Å². The van der Waals surface area contributed by atoms with Crippen LogP contribution in [0, 0.1) is 0 Å². The van der Waals surface area contributed by atoms with Crippen molar-refractivity contribution >= 4 is 11.5 Å². The summed E-state index contributed by atoms with van der Waals surface area (Å²) in [4.78, 5) is 3.93. The first-order valence-corrected chi connectivity index (χ1v) is 5.10. The molecular formula is C10H15F2N3O2. The molecule has 0 saturated heterocycles. The zero-order valence-electron chi connectivity index (χ0n) is 9.41.